The van der Waals surface area contributed by atoms with Gasteiger partial charge in [0.25, 0.3) is 5.91 Å². The number of halogens is 1. The van der Waals surface area contributed by atoms with Crippen molar-refractivity contribution in [3.05, 3.63) is 65.6 Å². The molecule has 0 aliphatic carbocycles. The molecule has 3 rings (SSSR count). The van der Waals surface area contributed by atoms with Gasteiger partial charge in [-0.3, -0.25) is 14.3 Å². The number of carbonyl (C=O) groups is 2. The molecule has 3 aromatic rings. The standard InChI is InChI=1S/C22H24FN3O2/c1-14(27)20(22(2,3)4)24-21(28)19-17-7-5-6-8-18(17)26(25-19)13-15-9-11-16(23)12-10-15/h5-12,20H,13H2,1-4H3,(H,24,28). The molecule has 6 heteroatoms. The van der Waals surface area contributed by atoms with Crippen molar-refractivity contribution in [3.8, 4) is 0 Å². The van der Waals surface area contributed by atoms with Gasteiger partial charge in [-0.1, -0.05) is 51.1 Å². The summed E-state index contributed by atoms with van der Waals surface area (Å²) < 4.78 is 14.9. The molecule has 1 heterocycles. The lowest BCUT2D eigenvalue weighted by Crippen LogP contribution is -2.48. The predicted octanol–water partition coefficient (Wildman–Crippen LogP) is 3.96. The maximum absolute atomic E-state index is 13.2. The highest BCUT2D eigenvalue weighted by Gasteiger charge is 2.31. The average Bonchev–Trinajstić information content (AvgIpc) is 2.99. The molecular formula is C22H24FN3O2. The van der Waals surface area contributed by atoms with Crippen LogP contribution in [0.2, 0.25) is 0 Å². The van der Waals surface area contributed by atoms with E-state index in [1.807, 2.05) is 45.0 Å². The normalized spacial score (nSPS) is 12.8. The summed E-state index contributed by atoms with van der Waals surface area (Å²) in [4.78, 5) is 25.0. The number of amides is 1. The summed E-state index contributed by atoms with van der Waals surface area (Å²) in [6.45, 7) is 7.60. The lowest BCUT2D eigenvalue weighted by molar-refractivity contribution is -0.121. The number of hydrogen-bond acceptors (Lipinski definition) is 3. The van der Waals surface area contributed by atoms with Gasteiger partial charge in [0.05, 0.1) is 18.1 Å². The van der Waals surface area contributed by atoms with Crippen molar-refractivity contribution in [2.45, 2.75) is 40.3 Å². The van der Waals surface area contributed by atoms with Crippen LogP contribution in [0.3, 0.4) is 0 Å². The smallest absolute Gasteiger partial charge is 0.273 e. The van der Waals surface area contributed by atoms with Crippen molar-refractivity contribution in [1.82, 2.24) is 15.1 Å². The molecule has 0 saturated heterocycles. The minimum absolute atomic E-state index is 0.101. The Hall–Kier alpha value is -3.02. The quantitative estimate of drug-likeness (QED) is 0.728. The second-order valence-electron chi connectivity index (χ2n) is 8.03. The van der Waals surface area contributed by atoms with Gasteiger partial charge in [-0.15, -0.1) is 0 Å². The second-order valence-corrected chi connectivity index (χ2v) is 8.03. The molecule has 146 valence electrons. The van der Waals surface area contributed by atoms with E-state index in [1.165, 1.54) is 19.1 Å². The summed E-state index contributed by atoms with van der Waals surface area (Å²) in [5, 5.41) is 8.04. The van der Waals surface area contributed by atoms with Crippen LogP contribution in [-0.4, -0.2) is 27.5 Å². The first kappa shape index (κ1) is 19.7. The number of ketones is 1. The number of carbonyl (C=O) groups excluding carboxylic acids is 2. The highest BCUT2D eigenvalue weighted by Crippen LogP contribution is 2.23. The Morgan fingerprint density at radius 2 is 1.75 bits per heavy atom. The summed E-state index contributed by atoms with van der Waals surface area (Å²) in [7, 11) is 0. The molecule has 1 N–H and O–H groups in total. The lowest BCUT2D eigenvalue weighted by atomic mass is 9.84. The molecule has 0 fully saturated rings. The second kappa shape index (κ2) is 7.54. The number of nitrogens with one attached hydrogen (secondary N) is 1. The number of rotatable bonds is 5. The Balaban J connectivity index is 1.96. The first-order valence-electron chi connectivity index (χ1n) is 9.18. The zero-order valence-electron chi connectivity index (χ0n) is 16.5. The molecular weight excluding hydrogens is 357 g/mol. The zero-order valence-corrected chi connectivity index (χ0v) is 16.5. The molecule has 0 spiro atoms. The summed E-state index contributed by atoms with van der Waals surface area (Å²) >= 11 is 0. The number of nitrogens with zero attached hydrogens (tertiary/aromatic N) is 2. The summed E-state index contributed by atoms with van der Waals surface area (Å²) in [6, 6.07) is 13.0. The number of Topliss-reactive ketones (excluding diaryl/α,β-unsaturated/α-hetero) is 1. The molecule has 5 nitrogen and oxygen atoms in total. The van der Waals surface area contributed by atoms with E-state index < -0.39 is 11.5 Å². The van der Waals surface area contributed by atoms with E-state index in [4.69, 9.17) is 0 Å². The lowest BCUT2D eigenvalue weighted by Gasteiger charge is -2.29. The first-order valence-corrected chi connectivity index (χ1v) is 9.18. The SMILES string of the molecule is CC(=O)C(NC(=O)c1nn(Cc2ccc(F)cc2)c2ccccc12)C(C)(C)C. The summed E-state index contributed by atoms with van der Waals surface area (Å²) in [5.74, 6) is -0.785. The van der Waals surface area contributed by atoms with Gasteiger partial charge in [-0.2, -0.15) is 5.10 Å². The fourth-order valence-corrected chi connectivity index (χ4v) is 3.31. The molecule has 1 unspecified atom stereocenters. The van der Waals surface area contributed by atoms with Crippen LogP contribution >= 0.6 is 0 Å². The third-order valence-corrected chi connectivity index (χ3v) is 4.67. The number of para-hydroxylation sites is 1. The Kier molecular flexibility index (Phi) is 5.31. The fourth-order valence-electron chi connectivity index (χ4n) is 3.31. The topological polar surface area (TPSA) is 64.0 Å². The van der Waals surface area contributed by atoms with E-state index in [0.717, 1.165) is 11.1 Å². The molecule has 1 atom stereocenters. The van der Waals surface area contributed by atoms with Gasteiger partial charge in [0.15, 0.2) is 11.5 Å². The van der Waals surface area contributed by atoms with Crippen molar-refractivity contribution in [1.29, 1.82) is 0 Å². The zero-order chi connectivity index (χ0) is 20.5. The van der Waals surface area contributed by atoms with Crippen LogP contribution in [0.1, 0.15) is 43.7 Å². The maximum Gasteiger partial charge on any atom is 0.273 e. The van der Waals surface area contributed by atoms with E-state index >= 15 is 0 Å². The molecule has 0 radical (unpaired) electrons. The highest BCUT2D eigenvalue weighted by molar-refractivity contribution is 6.06. The average molecular weight is 381 g/mol. The van der Waals surface area contributed by atoms with Gasteiger partial charge in [0.2, 0.25) is 0 Å². The van der Waals surface area contributed by atoms with Crippen LogP contribution in [-0.2, 0) is 11.3 Å². The van der Waals surface area contributed by atoms with Crippen LogP contribution in [0.4, 0.5) is 4.39 Å². The molecule has 1 amide bonds. The minimum atomic E-state index is -0.610. The van der Waals surface area contributed by atoms with E-state index in [9.17, 15) is 14.0 Å². The van der Waals surface area contributed by atoms with Crippen molar-refractivity contribution >= 4 is 22.6 Å². The summed E-state index contributed by atoms with van der Waals surface area (Å²) in [5.41, 5.74) is 1.53. The largest absolute Gasteiger partial charge is 0.340 e. The fraction of sp³-hybridized carbons (Fsp3) is 0.318. The van der Waals surface area contributed by atoms with Crippen LogP contribution < -0.4 is 5.32 Å². The van der Waals surface area contributed by atoms with Gasteiger partial charge in [0.1, 0.15) is 5.82 Å². The van der Waals surface area contributed by atoms with Crippen molar-refractivity contribution in [2.75, 3.05) is 0 Å². The number of aromatic nitrogens is 2. The first-order chi connectivity index (χ1) is 13.2. The third-order valence-electron chi connectivity index (χ3n) is 4.67. The Labute approximate surface area is 163 Å². The number of benzene rings is 2. The number of hydrogen-bond donors (Lipinski definition) is 1. The molecule has 0 aliphatic heterocycles. The van der Waals surface area contributed by atoms with Gasteiger partial charge >= 0.3 is 0 Å². The van der Waals surface area contributed by atoms with Gasteiger partial charge < -0.3 is 5.32 Å². The van der Waals surface area contributed by atoms with Gasteiger partial charge in [-0.25, -0.2) is 4.39 Å². The Morgan fingerprint density at radius 3 is 2.36 bits per heavy atom. The van der Waals surface area contributed by atoms with E-state index in [2.05, 4.69) is 10.4 Å². The van der Waals surface area contributed by atoms with E-state index in [0.29, 0.717) is 11.9 Å². The third kappa shape index (κ3) is 4.11. The van der Waals surface area contributed by atoms with E-state index in [-0.39, 0.29) is 23.2 Å². The minimum Gasteiger partial charge on any atom is -0.340 e. The monoisotopic (exact) mass is 381 g/mol. The molecule has 2 aromatic carbocycles. The molecule has 0 bridgehead atoms. The van der Waals surface area contributed by atoms with Crippen molar-refractivity contribution in [3.63, 3.8) is 0 Å². The predicted molar refractivity (Wildman–Crippen MR) is 107 cm³/mol. The van der Waals surface area contributed by atoms with Crippen molar-refractivity contribution < 1.29 is 14.0 Å². The highest BCUT2D eigenvalue weighted by atomic mass is 19.1. The number of fused-ring (bicyclic) bond motifs is 1. The van der Waals surface area contributed by atoms with Gasteiger partial charge in [0, 0.05) is 5.39 Å². The Bertz CT molecular complexity index is 1020. The molecule has 1 aromatic heterocycles. The maximum atomic E-state index is 13.2. The van der Waals surface area contributed by atoms with Crippen LogP contribution in [0.5, 0.6) is 0 Å². The summed E-state index contributed by atoms with van der Waals surface area (Å²) in [6.07, 6.45) is 0. The molecule has 0 aliphatic rings. The van der Waals surface area contributed by atoms with Gasteiger partial charge in [-0.05, 0) is 36.1 Å². The molecule has 28 heavy (non-hydrogen) atoms. The van der Waals surface area contributed by atoms with Crippen LogP contribution in [0, 0.1) is 11.2 Å². The van der Waals surface area contributed by atoms with E-state index in [1.54, 1.807) is 16.8 Å². The van der Waals surface area contributed by atoms with Crippen LogP contribution in [0.15, 0.2) is 48.5 Å². The molecule has 0 saturated carbocycles. The van der Waals surface area contributed by atoms with Crippen molar-refractivity contribution in [2.24, 2.45) is 5.41 Å². The Morgan fingerprint density at radius 1 is 1.11 bits per heavy atom. The van der Waals surface area contributed by atoms with Crippen LogP contribution in [0.25, 0.3) is 10.9 Å².